The fraction of sp³-hybridized carbons (Fsp3) is 0.792. The zero-order chi connectivity index (χ0) is 21.6. The molecule has 2 bridgehead atoms. The van der Waals surface area contributed by atoms with Crippen LogP contribution in [0.3, 0.4) is 0 Å². The monoisotopic (exact) mass is 429 g/mol. The largest absolute Gasteiger partial charge is 0.356 e. The molecule has 7 nitrogen and oxygen atoms in total. The summed E-state index contributed by atoms with van der Waals surface area (Å²) < 4.78 is 0. The minimum atomic E-state index is -0.0835. The first-order valence-electron chi connectivity index (χ1n) is 12.4. The molecule has 1 saturated carbocycles. The molecule has 31 heavy (non-hydrogen) atoms. The van der Waals surface area contributed by atoms with E-state index >= 15 is 0 Å². The molecule has 0 aromatic rings. The van der Waals surface area contributed by atoms with Crippen LogP contribution in [0, 0.1) is 23.7 Å². The number of carbonyl (C=O) groups excluding carboxylic acids is 2. The molecule has 7 heteroatoms. The second kappa shape index (κ2) is 10.6. The Morgan fingerprint density at radius 1 is 0.903 bits per heavy atom. The Morgan fingerprint density at radius 2 is 1.55 bits per heavy atom. The van der Waals surface area contributed by atoms with Crippen LogP contribution < -0.4 is 10.6 Å². The van der Waals surface area contributed by atoms with E-state index in [4.69, 9.17) is 0 Å². The third kappa shape index (κ3) is 5.13. The van der Waals surface area contributed by atoms with Crippen molar-refractivity contribution in [2.45, 2.75) is 51.4 Å². The number of piperidine rings is 1. The van der Waals surface area contributed by atoms with Gasteiger partial charge in [-0.2, -0.15) is 0 Å². The molecule has 2 aliphatic heterocycles. The molecule has 0 radical (unpaired) electrons. The number of rotatable bonds is 10. The van der Waals surface area contributed by atoms with Crippen LogP contribution in [-0.4, -0.2) is 73.9 Å². The number of imide groups is 1. The lowest BCUT2D eigenvalue weighted by Crippen LogP contribution is -2.40. The quantitative estimate of drug-likeness (QED) is 0.183. The highest BCUT2D eigenvalue weighted by atomic mass is 16.2. The average molecular weight is 430 g/mol. The van der Waals surface area contributed by atoms with Crippen molar-refractivity contribution in [3.8, 4) is 0 Å². The summed E-state index contributed by atoms with van der Waals surface area (Å²) >= 11 is 0. The van der Waals surface area contributed by atoms with Crippen LogP contribution in [0.4, 0.5) is 0 Å². The van der Waals surface area contributed by atoms with Crippen LogP contribution in [-0.2, 0) is 9.59 Å². The lowest BCUT2D eigenvalue weighted by atomic mass is 9.85. The Morgan fingerprint density at radius 3 is 2.19 bits per heavy atom. The van der Waals surface area contributed by atoms with Crippen molar-refractivity contribution < 1.29 is 9.59 Å². The molecule has 3 fully saturated rings. The Kier molecular flexibility index (Phi) is 7.64. The first-order valence-corrected chi connectivity index (χ1v) is 12.4. The molecule has 4 aliphatic rings. The predicted molar refractivity (Wildman–Crippen MR) is 123 cm³/mol. The number of carbonyl (C=O) groups is 2. The molecular weight excluding hydrogens is 390 g/mol. The summed E-state index contributed by atoms with van der Waals surface area (Å²) in [4.78, 5) is 33.8. The Balaban J connectivity index is 1.06. The van der Waals surface area contributed by atoms with Gasteiger partial charge in [-0.15, -0.1) is 0 Å². The Labute approximate surface area is 186 Å². The molecule has 2 amide bonds. The second-order valence-corrected chi connectivity index (χ2v) is 9.57. The highest BCUT2D eigenvalue weighted by Crippen LogP contribution is 2.52. The van der Waals surface area contributed by atoms with Gasteiger partial charge in [0.1, 0.15) is 0 Å². The molecular formula is C24H39N5O2. The van der Waals surface area contributed by atoms with Gasteiger partial charge in [0.2, 0.25) is 11.8 Å². The molecule has 172 valence electrons. The minimum Gasteiger partial charge on any atom is -0.356 e. The summed E-state index contributed by atoms with van der Waals surface area (Å²) in [7, 11) is 1.78. The molecule has 4 unspecified atom stereocenters. The maximum absolute atomic E-state index is 12.7. The second-order valence-electron chi connectivity index (χ2n) is 9.57. The number of nitrogens with one attached hydrogen (secondary N) is 2. The maximum atomic E-state index is 12.7. The summed E-state index contributed by atoms with van der Waals surface area (Å²) in [5.74, 6) is 1.32. The number of guanidine groups is 1. The number of fused-ring (bicyclic) bond motifs is 5. The molecule has 0 aromatic carbocycles. The van der Waals surface area contributed by atoms with Crippen LogP contribution >= 0.6 is 0 Å². The highest BCUT2D eigenvalue weighted by Gasteiger charge is 2.58. The van der Waals surface area contributed by atoms with Crippen LogP contribution in [0.5, 0.6) is 0 Å². The van der Waals surface area contributed by atoms with E-state index in [0.29, 0.717) is 13.1 Å². The van der Waals surface area contributed by atoms with Gasteiger partial charge in [0, 0.05) is 26.7 Å². The third-order valence-corrected chi connectivity index (χ3v) is 7.53. The molecule has 2 saturated heterocycles. The van der Waals surface area contributed by atoms with E-state index in [2.05, 4.69) is 32.7 Å². The number of nitrogens with zero attached hydrogens (tertiary/aromatic N) is 3. The number of amides is 2. The number of hydrogen-bond donors (Lipinski definition) is 2. The average Bonchev–Trinajstić information content (AvgIpc) is 3.47. The molecule has 0 spiro atoms. The summed E-state index contributed by atoms with van der Waals surface area (Å²) in [6.07, 6.45) is 13.8. The number of aliphatic imine (C=N–C) groups is 1. The number of likely N-dealkylation sites (tertiary alicyclic amines) is 2. The van der Waals surface area contributed by atoms with Gasteiger partial charge in [-0.05, 0) is 70.0 Å². The van der Waals surface area contributed by atoms with Crippen molar-refractivity contribution in [3.05, 3.63) is 12.2 Å². The molecule has 4 atom stereocenters. The maximum Gasteiger partial charge on any atom is 0.233 e. The smallest absolute Gasteiger partial charge is 0.233 e. The fourth-order valence-electron chi connectivity index (χ4n) is 5.88. The Bertz CT molecular complexity index is 670. The number of unbranched alkanes of at least 4 members (excludes halogenated alkanes) is 2. The van der Waals surface area contributed by atoms with E-state index in [1.807, 2.05) is 0 Å². The highest BCUT2D eigenvalue weighted by molar-refractivity contribution is 6.06. The Hall–Kier alpha value is -1.89. The van der Waals surface area contributed by atoms with Gasteiger partial charge < -0.3 is 15.5 Å². The summed E-state index contributed by atoms with van der Waals surface area (Å²) in [5, 5.41) is 6.69. The fourth-order valence-corrected chi connectivity index (χ4v) is 5.88. The van der Waals surface area contributed by atoms with E-state index in [1.54, 1.807) is 7.05 Å². The zero-order valence-corrected chi connectivity index (χ0v) is 19.0. The van der Waals surface area contributed by atoms with Crippen molar-refractivity contribution in [3.63, 3.8) is 0 Å². The third-order valence-electron chi connectivity index (χ3n) is 7.53. The van der Waals surface area contributed by atoms with Crippen LogP contribution in [0.1, 0.15) is 51.4 Å². The van der Waals surface area contributed by atoms with Gasteiger partial charge in [-0.3, -0.25) is 19.5 Å². The van der Waals surface area contributed by atoms with Crippen LogP contribution in [0.25, 0.3) is 0 Å². The van der Waals surface area contributed by atoms with Gasteiger partial charge >= 0.3 is 0 Å². The first-order chi connectivity index (χ1) is 15.2. The first kappa shape index (κ1) is 22.3. The van der Waals surface area contributed by atoms with E-state index < -0.39 is 0 Å². The molecule has 2 aliphatic carbocycles. The minimum absolute atomic E-state index is 0.0545. The number of allylic oxidation sites excluding steroid dienone is 2. The van der Waals surface area contributed by atoms with Gasteiger partial charge in [0.05, 0.1) is 11.8 Å². The van der Waals surface area contributed by atoms with Gasteiger partial charge in [-0.25, -0.2) is 0 Å². The van der Waals surface area contributed by atoms with E-state index in [1.165, 1.54) is 56.6 Å². The SMILES string of the molecule is CN=C(NCCCCCN1CCCCC1)NCCCN1C(=O)C2C3C=CC(C3)C2C1=O. The van der Waals surface area contributed by atoms with Crippen LogP contribution in [0.15, 0.2) is 17.1 Å². The topological polar surface area (TPSA) is 77.0 Å². The summed E-state index contributed by atoms with van der Waals surface area (Å²) in [6, 6.07) is 0. The van der Waals surface area contributed by atoms with E-state index in [-0.39, 0.29) is 35.5 Å². The number of hydrogen-bond acceptors (Lipinski definition) is 4. The van der Waals surface area contributed by atoms with Gasteiger partial charge in [-0.1, -0.05) is 25.0 Å². The van der Waals surface area contributed by atoms with Crippen molar-refractivity contribution >= 4 is 17.8 Å². The lowest BCUT2D eigenvalue weighted by Gasteiger charge is -2.26. The van der Waals surface area contributed by atoms with Gasteiger partial charge in [0.25, 0.3) is 0 Å². The van der Waals surface area contributed by atoms with E-state index in [0.717, 1.165) is 31.8 Å². The van der Waals surface area contributed by atoms with Crippen molar-refractivity contribution in [2.75, 3.05) is 46.3 Å². The molecule has 2 N–H and O–H groups in total. The predicted octanol–water partition coefficient (Wildman–Crippen LogP) is 2.00. The molecule has 0 aromatic heterocycles. The van der Waals surface area contributed by atoms with Crippen molar-refractivity contribution in [1.82, 2.24) is 20.4 Å². The van der Waals surface area contributed by atoms with E-state index in [9.17, 15) is 9.59 Å². The standard InChI is InChI=1S/C24H39N5O2/c1-25-24(26-11-4-2-5-13-28-14-6-3-7-15-28)27-12-8-16-29-22(30)20-18-9-10-19(17-18)21(20)23(29)31/h9-10,18-21H,2-8,11-17H2,1H3,(H2,25,26,27). The van der Waals surface area contributed by atoms with Crippen molar-refractivity contribution in [2.24, 2.45) is 28.7 Å². The van der Waals surface area contributed by atoms with Crippen molar-refractivity contribution in [1.29, 1.82) is 0 Å². The normalized spacial score (nSPS) is 30.4. The molecule has 2 heterocycles. The lowest BCUT2D eigenvalue weighted by molar-refractivity contribution is -0.140. The van der Waals surface area contributed by atoms with Crippen LogP contribution in [0.2, 0.25) is 0 Å². The summed E-state index contributed by atoms with van der Waals surface area (Å²) in [6.45, 7) is 5.92. The zero-order valence-electron chi connectivity index (χ0n) is 19.0. The summed E-state index contributed by atoms with van der Waals surface area (Å²) in [5.41, 5.74) is 0. The van der Waals surface area contributed by atoms with Gasteiger partial charge in [0.15, 0.2) is 5.96 Å². The molecule has 4 rings (SSSR count).